The van der Waals surface area contributed by atoms with Gasteiger partial charge in [-0.1, -0.05) is 51.2 Å². The highest BCUT2D eigenvalue weighted by Gasteiger charge is 2.60. The van der Waals surface area contributed by atoms with E-state index in [1.54, 1.807) is 18.1 Å². The van der Waals surface area contributed by atoms with Crippen LogP contribution in [0.5, 0.6) is 5.75 Å². The normalized spacial score (nSPS) is 21.9. The van der Waals surface area contributed by atoms with Crippen molar-refractivity contribution in [2.24, 2.45) is 0 Å². The Kier molecular flexibility index (Phi) is 7.93. The molecule has 1 aromatic heterocycles. The molecule has 0 radical (unpaired) electrons. The van der Waals surface area contributed by atoms with Crippen LogP contribution in [0.25, 0.3) is 10.9 Å². The van der Waals surface area contributed by atoms with Crippen molar-refractivity contribution in [1.29, 1.82) is 0 Å². The first-order valence-corrected chi connectivity index (χ1v) is 13.4. The number of rotatable bonds is 11. The largest absolute Gasteiger partial charge is 0.497 e. The predicted octanol–water partition coefficient (Wildman–Crippen LogP) is 5.61. The van der Waals surface area contributed by atoms with Gasteiger partial charge in [-0.15, -0.1) is 0 Å². The molecule has 2 aromatic rings. The van der Waals surface area contributed by atoms with E-state index in [1.165, 1.54) is 4.90 Å². The number of ether oxygens (including phenoxy) is 1. The number of H-pyrrole nitrogens is 1. The maximum atomic E-state index is 14.0. The number of urea groups is 1. The summed E-state index contributed by atoms with van der Waals surface area (Å²) in [5.74, 6) is 0.625. The SMILES string of the molecule is C=C/C(=C\C=C/C)[C@@H]1c2[nH]c3ccc(OC)cc3c2C[C@@]2(C)C(=O)N(CCN(CC)CCCC)C(=O)N12. The van der Waals surface area contributed by atoms with Gasteiger partial charge in [-0.25, -0.2) is 4.79 Å². The minimum atomic E-state index is -0.995. The number of nitrogens with one attached hydrogen (secondary N) is 1. The van der Waals surface area contributed by atoms with E-state index < -0.39 is 11.6 Å². The smallest absolute Gasteiger partial charge is 0.328 e. The lowest BCUT2D eigenvalue weighted by molar-refractivity contribution is -0.133. The number of carbonyl (C=O) groups excluding carboxylic acids is 2. The number of likely N-dealkylation sites (N-methyl/N-ethyl adjacent to an activating group) is 1. The first-order chi connectivity index (χ1) is 17.8. The van der Waals surface area contributed by atoms with Crippen LogP contribution in [0.2, 0.25) is 0 Å². The molecule has 198 valence electrons. The van der Waals surface area contributed by atoms with Gasteiger partial charge in [-0.3, -0.25) is 14.6 Å². The number of unbranched alkanes of at least 4 members (excludes halogenated alkanes) is 1. The fraction of sp³-hybridized carbons (Fsp3) is 0.467. The van der Waals surface area contributed by atoms with Crippen LogP contribution in [0.4, 0.5) is 4.79 Å². The molecule has 1 fully saturated rings. The number of imide groups is 1. The van der Waals surface area contributed by atoms with Gasteiger partial charge in [-0.05, 0) is 62.7 Å². The number of amides is 3. The Bertz CT molecular complexity index is 1240. The molecule has 3 amide bonds. The van der Waals surface area contributed by atoms with E-state index in [2.05, 4.69) is 30.3 Å². The van der Waals surface area contributed by atoms with Gasteiger partial charge in [0.25, 0.3) is 5.91 Å². The predicted molar refractivity (Wildman–Crippen MR) is 149 cm³/mol. The quantitative estimate of drug-likeness (QED) is 0.319. The van der Waals surface area contributed by atoms with Crippen molar-refractivity contribution < 1.29 is 14.3 Å². The summed E-state index contributed by atoms with van der Waals surface area (Å²) in [5, 5.41) is 1.02. The van der Waals surface area contributed by atoms with Gasteiger partial charge in [0.2, 0.25) is 0 Å². The molecular formula is C30H40N4O3. The molecule has 0 saturated carbocycles. The van der Waals surface area contributed by atoms with E-state index in [4.69, 9.17) is 4.74 Å². The number of aromatic amines is 1. The average molecular weight is 505 g/mol. The fourth-order valence-electron chi connectivity index (χ4n) is 5.69. The Labute approximate surface area is 220 Å². The minimum Gasteiger partial charge on any atom is -0.497 e. The molecule has 0 bridgehead atoms. The van der Waals surface area contributed by atoms with Crippen molar-refractivity contribution in [3.8, 4) is 5.75 Å². The van der Waals surface area contributed by atoms with Crippen LogP contribution >= 0.6 is 0 Å². The molecule has 1 saturated heterocycles. The third kappa shape index (κ3) is 4.61. The van der Waals surface area contributed by atoms with Crippen molar-refractivity contribution in [1.82, 2.24) is 19.7 Å². The number of allylic oxidation sites excluding steroid dienone is 3. The molecule has 1 aromatic carbocycles. The molecule has 2 atom stereocenters. The second-order valence-electron chi connectivity index (χ2n) is 10.1. The highest BCUT2D eigenvalue weighted by atomic mass is 16.5. The van der Waals surface area contributed by atoms with Crippen LogP contribution in [-0.2, 0) is 11.2 Å². The Morgan fingerprint density at radius 2 is 2.08 bits per heavy atom. The number of nitrogens with zero attached hydrogens (tertiary/aromatic N) is 3. The Morgan fingerprint density at radius 1 is 1.30 bits per heavy atom. The van der Waals surface area contributed by atoms with Crippen LogP contribution in [0.15, 0.2) is 54.7 Å². The number of hydrogen-bond donors (Lipinski definition) is 1. The van der Waals surface area contributed by atoms with Crippen molar-refractivity contribution in [2.75, 3.05) is 33.3 Å². The zero-order valence-electron chi connectivity index (χ0n) is 22.8. The number of carbonyl (C=O) groups is 2. The number of hydrogen-bond acceptors (Lipinski definition) is 4. The summed E-state index contributed by atoms with van der Waals surface area (Å²) < 4.78 is 5.50. The van der Waals surface area contributed by atoms with Gasteiger partial charge in [0.15, 0.2) is 0 Å². The summed E-state index contributed by atoms with van der Waals surface area (Å²) in [6, 6.07) is 5.23. The van der Waals surface area contributed by atoms with Crippen molar-refractivity contribution in [2.45, 2.75) is 58.5 Å². The van der Waals surface area contributed by atoms with E-state index >= 15 is 0 Å². The first kappa shape index (κ1) is 26.7. The second kappa shape index (κ2) is 11.0. The molecular weight excluding hydrogens is 464 g/mol. The summed E-state index contributed by atoms with van der Waals surface area (Å²) in [5.41, 5.74) is 2.81. The molecule has 7 heteroatoms. The number of fused-ring (bicyclic) bond motifs is 4. The molecule has 4 rings (SSSR count). The Morgan fingerprint density at radius 3 is 2.73 bits per heavy atom. The molecule has 2 aliphatic heterocycles. The van der Waals surface area contributed by atoms with Gasteiger partial charge in [0.1, 0.15) is 17.3 Å². The molecule has 0 aliphatic carbocycles. The lowest BCUT2D eigenvalue weighted by Crippen LogP contribution is -2.53. The minimum absolute atomic E-state index is 0.133. The fourth-order valence-corrected chi connectivity index (χ4v) is 5.69. The van der Waals surface area contributed by atoms with Gasteiger partial charge >= 0.3 is 6.03 Å². The van der Waals surface area contributed by atoms with Crippen molar-refractivity contribution in [3.63, 3.8) is 0 Å². The molecule has 0 spiro atoms. The van der Waals surface area contributed by atoms with Crippen LogP contribution in [0, 0.1) is 0 Å². The molecule has 3 heterocycles. The lowest BCUT2D eigenvalue weighted by Gasteiger charge is -2.42. The summed E-state index contributed by atoms with van der Waals surface area (Å²) in [6.45, 7) is 15.1. The topological polar surface area (TPSA) is 68.9 Å². The summed E-state index contributed by atoms with van der Waals surface area (Å²) in [4.78, 5) is 37.1. The molecule has 2 aliphatic rings. The third-order valence-electron chi connectivity index (χ3n) is 7.82. The summed E-state index contributed by atoms with van der Waals surface area (Å²) in [6.07, 6.45) is 10.3. The van der Waals surface area contributed by atoms with E-state index in [9.17, 15) is 9.59 Å². The number of benzene rings is 1. The van der Waals surface area contributed by atoms with Crippen LogP contribution in [-0.4, -0.2) is 70.4 Å². The van der Waals surface area contributed by atoms with Crippen LogP contribution in [0.3, 0.4) is 0 Å². The van der Waals surface area contributed by atoms with Crippen LogP contribution in [0.1, 0.15) is 57.8 Å². The van der Waals surface area contributed by atoms with E-state index in [-0.39, 0.29) is 11.9 Å². The van der Waals surface area contributed by atoms with E-state index in [1.807, 2.05) is 50.3 Å². The first-order valence-electron chi connectivity index (χ1n) is 13.4. The van der Waals surface area contributed by atoms with Gasteiger partial charge in [0.05, 0.1) is 7.11 Å². The molecule has 0 unspecified atom stereocenters. The Balaban J connectivity index is 1.80. The number of methoxy groups -OCH3 is 1. The monoisotopic (exact) mass is 504 g/mol. The molecule has 1 N–H and O–H groups in total. The van der Waals surface area contributed by atoms with E-state index in [0.29, 0.717) is 19.5 Å². The Hall–Kier alpha value is -3.32. The third-order valence-corrected chi connectivity index (χ3v) is 7.82. The van der Waals surface area contributed by atoms with Crippen LogP contribution < -0.4 is 4.74 Å². The second-order valence-corrected chi connectivity index (χ2v) is 10.1. The van der Waals surface area contributed by atoms with Gasteiger partial charge < -0.3 is 14.6 Å². The average Bonchev–Trinajstić information content (AvgIpc) is 3.35. The highest BCUT2D eigenvalue weighted by Crippen LogP contribution is 2.49. The maximum absolute atomic E-state index is 14.0. The lowest BCUT2D eigenvalue weighted by atomic mass is 9.81. The maximum Gasteiger partial charge on any atom is 0.328 e. The van der Waals surface area contributed by atoms with Gasteiger partial charge in [-0.2, -0.15) is 0 Å². The summed E-state index contributed by atoms with van der Waals surface area (Å²) in [7, 11) is 1.65. The van der Waals surface area contributed by atoms with Gasteiger partial charge in [0, 0.05) is 36.1 Å². The number of aromatic nitrogens is 1. The standard InChI is InChI=1S/C30H40N4O3/c1-7-11-13-21(9-3)27-26-24(23-19-22(37-6)14-15-25(23)31-26)20-30(5)28(35)33(29(36)34(27)30)18-17-32(10-4)16-12-8-2/h7,9,11,13-15,19,27,31H,3,8,10,12,16-18,20H2,1-2,4-6H3/b11-7-,21-13+/t27-,30+/m1/s1. The van der Waals surface area contributed by atoms with E-state index in [0.717, 1.165) is 59.4 Å². The van der Waals surface area contributed by atoms with Crippen molar-refractivity contribution >= 4 is 22.8 Å². The zero-order valence-corrected chi connectivity index (χ0v) is 22.8. The highest BCUT2D eigenvalue weighted by molar-refractivity contribution is 6.08. The molecule has 7 nitrogen and oxygen atoms in total. The summed E-state index contributed by atoms with van der Waals surface area (Å²) >= 11 is 0. The van der Waals surface area contributed by atoms with Crippen molar-refractivity contribution in [3.05, 3.63) is 65.9 Å². The zero-order chi connectivity index (χ0) is 26.7. The molecule has 37 heavy (non-hydrogen) atoms.